The van der Waals surface area contributed by atoms with Crippen molar-refractivity contribution in [3.8, 4) is 0 Å². The molecule has 1 radical (unpaired) electrons. The highest BCUT2D eigenvalue weighted by atomic mass is 28.5. The molecular formula is C10H28FOSi4. The zero-order valence-electron chi connectivity index (χ0n) is 12.3. The van der Waals surface area contributed by atoms with Gasteiger partial charge in [-0.3, -0.25) is 4.11 Å². The summed E-state index contributed by atoms with van der Waals surface area (Å²) < 4.78 is 14.0. The Morgan fingerprint density at radius 2 is 0.938 bits per heavy atom. The predicted octanol–water partition coefficient (Wildman–Crippen LogP) is 3.81. The lowest BCUT2D eigenvalue weighted by molar-refractivity contribution is 0.488. The molecule has 0 rings (SSSR count). The fourth-order valence-electron chi connectivity index (χ4n) is 4.30. The molecule has 97 valence electrons. The molecule has 0 fully saturated rings. The normalized spacial score (nSPS) is 15.8. The standard InChI is InChI=1S/C10H28FOSi4/c1-14(2,3)10(13(11)12,15(4,5)6)16(7,8)9/h12H,1-9H3. The van der Waals surface area contributed by atoms with Crippen molar-refractivity contribution >= 4 is 33.6 Å². The number of halogens is 1. The minimum Gasteiger partial charge on any atom is -0.407 e. The monoisotopic (exact) mass is 295 g/mol. The second-order valence-corrected chi connectivity index (χ2v) is 27.9. The average Bonchev–Trinajstić information content (AvgIpc) is 1.71. The third kappa shape index (κ3) is 2.45. The lowest BCUT2D eigenvalue weighted by atomic mass is 11.6. The molecule has 6 heteroatoms. The van der Waals surface area contributed by atoms with Gasteiger partial charge in [0.15, 0.2) is 0 Å². The quantitative estimate of drug-likeness (QED) is 0.618. The molecule has 0 spiro atoms. The van der Waals surface area contributed by atoms with Crippen LogP contribution in [0.1, 0.15) is 0 Å². The largest absolute Gasteiger partial charge is 0.428 e. The van der Waals surface area contributed by atoms with Crippen LogP contribution in [0.4, 0.5) is 4.11 Å². The molecule has 1 nitrogen and oxygen atoms in total. The molecule has 0 aromatic carbocycles. The second kappa shape index (κ2) is 4.45. The van der Waals surface area contributed by atoms with Gasteiger partial charge < -0.3 is 4.80 Å². The summed E-state index contributed by atoms with van der Waals surface area (Å²) in [6, 6.07) is 0. The Kier molecular flexibility index (Phi) is 4.66. The first-order valence-corrected chi connectivity index (χ1v) is 17.7. The second-order valence-electron chi connectivity index (χ2n) is 7.79. The van der Waals surface area contributed by atoms with Gasteiger partial charge in [-0.05, 0) is 0 Å². The Balaban J connectivity index is 6.05. The summed E-state index contributed by atoms with van der Waals surface area (Å²) in [6.07, 6.45) is 0. The summed E-state index contributed by atoms with van der Waals surface area (Å²) in [5.41, 5.74) is 0. The van der Waals surface area contributed by atoms with Gasteiger partial charge >= 0.3 is 9.37 Å². The Morgan fingerprint density at radius 3 is 0.938 bits per heavy atom. The molecular weight excluding hydrogens is 267 g/mol. The molecule has 0 saturated carbocycles. The summed E-state index contributed by atoms with van der Waals surface area (Å²) in [7, 11) is -7.90. The van der Waals surface area contributed by atoms with Gasteiger partial charge in [0.25, 0.3) is 0 Å². The highest BCUT2D eigenvalue weighted by Crippen LogP contribution is 2.55. The first kappa shape index (κ1) is 16.8. The highest BCUT2D eigenvalue weighted by molar-refractivity contribution is 7.24. The van der Waals surface area contributed by atoms with Gasteiger partial charge in [-0.15, -0.1) is 0 Å². The van der Waals surface area contributed by atoms with Crippen LogP contribution < -0.4 is 0 Å². The van der Waals surface area contributed by atoms with Crippen LogP contribution in [0, 0.1) is 0 Å². The van der Waals surface area contributed by atoms with Crippen LogP contribution in [0.2, 0.25) is 62.8 Å². The zero-order chi connectivity index (χ0) is 13.6. The predicted molar refractivity (Wildman–Crippen MR) is 81.8 cm³/mol. The number of rotatable bonds is 4. The summed E-state index contributed by atoms with van der Waals surface area (Å²) in [6.45, 7) is 20.2. The molecule has 0 aliphatic heterocycles. The molecule has 0 atom stereocenters. The van der Waals surface area contributed by atoms with E-state index in [0.29, 0.717) is 0 Å². The van der Waals surface area contributed by atoms with Crippen LogP contribution in [0.15, 0.2) is 0 Å². The molecule has 0 heterocycles. The van der Waals surface area contributed by atoms with E-state index < -0.39 is 33.6 Å². The molecule has 0 amide bonds. The van der Waals surface area contributed by atoms with Crippen molar-refractivity contribution in [1.82, 2.24) is 0 Å². The minimum atomic E-state index is -2.72. The molecule has 0 aliphatic rings. The molecule has 0 bridgehead atoms. The van der Waals surface area contributed by atoms with Crippen molar-refractivity contribution in [3.63, 3.8) is 0 Å². The first-order valence-electron chi connectivity index (χ1n) is 5.91. The van der Waals surface area contributed by atoms with Crippen molar-refractivity contribution < 1.29 is 8.90 Å². The van der Waals surface area contributed by atoms with E-state index in [-0.39, 0.29) is 3.91 Å². The van der Waals surface area contributed by atoms with Crippen LogP contribution in [-0.2, 0) is 0 Å². The van der Waals surface area contributed by atoms with E-state index in [1.165, 1.54) is 0 Å². The van der Waals surface area contributed by atoms with Gasteiger partial charge in [0.2, 0.25) is 0 Å². The van der Waals surface area contributed by atoms with E-state index >= 15 is 0 Å². The van der Waals surface area contributed by atoms with Crippen LogP contribution in [0.25, 0.3) is 0 Å². The highest BCUT2D eigenvalue weighted by Gasteiger charge is 2.66. The molecule has 1 N–H and O–H groups in total. The fraction of sp³-hybridized carbons (Fsp3) is 1.00. The lowest BCUT2D eigenvalue weighted by Gasteiger charge is -2.57. The lowest BCUT2D eigenvalue weighted by Crippen LogP contribution is -2.71. The van der Waals surface area contributed by atoms with Gasteiger partial charge in [0.05, 0.1) is 0 Å². The smallest absolute Gasteiger partial charge is 0.407 e. The van der Waals surface area contributed by atoms with E-state index in [4.69, 9.17) is 0 Å². The SMILES string of the molecule is C[Si](C)(C)C([Si](O)F)([Si](C)(C)C)[Si](C)(C)C. The Bertz CT molecular complexity index is 211. The Hall–Kier alpha value is 0.758. The Labute approximate surface area is 105 Å². The maximum Gasteiger partial charge on any atom is 0.428 e. The Morgan fingerprint density at radius 1 is 0.750 bits per heavy atom. The molecule has 0 saturated heterocycles. The fourth-order valence-corrected chi connectivity index (χ4v) is 38.7. The van der Waals surface area contributed by atoms with Gasteiger partial charge in [0.1, 0.15) is 0 Å². The van der Waals surface area contributed by atoms with E-state index in [9.17, 15) is 8.90 Å². The molecule has 0 aliphatic carbocycles. The third-order valence-corrected chi connectivity index (χ3v) is 33.2. The zero-order valence-corrected chi connectivity index (χ0v) is 16.3. The first-order chi connectivity index (χ1) is 6.69. The maximum atomic E-state index is 14.3. The van der Waals surface area contributed by atoms with Gasteiger partial charge in [-0.1, -0.05) is 58.9 Å². The number of hydrogen-bond acceptors (Lipinski definition) is 1. The van der Waals surface area contributed by atoms with Crippen LogP contribution >= 0.6 is 0 Å². The van der Waals surface area contributed by atoms with Crippen LogP contribution in [0.3, 0.4) is 0 Å². The van der Waals surface area contributed by atoms with E-state index in [2.05, 4.69) is 58.9 Å². The van der Waals surface area contributed by atoms with Gasteiger partial charge in [0, 0.05) is 28.1 Å². The van der Waals surface area contributed by atoms with Crippen molar-refractivity contribution in [2.45, 2.75) is 62.8 Å². The van der Waals surface area contributed by atoms with Gasteiger partial charge in [-0.2, -0.15) is 0 Å². The molecule has 16 heavy (non-hydrogen) atoms. The van der Waals surface area contributed by atoms with Crippen LogP contribution in [0.5, 0.6) is 0 Å². The summed E-state index contributed by atoms with van der Waals surface area (Å²) in [5.74, 6) is 0. The maximum absolute atomic E-state index is 14.3. The molecule has 0 aromatic rings. The topological polar surface area (TPSA) is 20.2 Å². The van der Waals surface area contributed by atoms with Crippen molar-refractivity contribution in [2.75, 3.05) is 0 Å². The molecule has 0 aromatic heterocycles. The molecule has 0 unspecified atom stereocenters. The average molecular weight is 296 g/mol. The summed E-state index contributed by atoms with van der Waals surface area (Å²) >= 11 is 0. The van der Waals surface area contributed by atoms with Crippen molar-refractivity contribution in [2.24, 2.45) is 0 Å². The van der Waals surface area contributed by atoms with Crippen molar-refractivity contribution in [3.05, 3.63) is 0 Å². The van der Waals surface area contributed by atoms with E-state index in [0.717, 1.165) is 0 Å². The summed E-state index contributed by atoms with van der Waals surface area (Å²) in [5, 5.41) is 0. The van der Waals surface area contributed by atoms with E-state index in [1.807, 2.05) is 0 Å². The summed E-state index contributed by atoms with van der Waals surface area (Å²) in [4.78, 5) is 10.0. The van der Waals surface area contributed by atoms with Crippen LogP contribution in [-0.4, -0.2) is 38.4 Å². The third-order valence-electron chi connectivity index (χ3n) is 3.68. The van der Waals surface area contributed by atoms with E-state index in [1.54, 1.807) is 0 Å². The number of hydrogen-bond donors (Lipinski definition) is 1. The van der Waals surface area contributed by atoms with Gasteiger partial charge in [-0.25, -0.2) is 0 Å². The van der Waals surface area contributed by atoms with Crippen molar-refractivity contribution in [1.29, 1.82) is 0 Å². The minimum absolute atomic E-state index is 0.280.